The summed E-state index contributed by atoms with van der Waals surface area (Å²) in [6.45, 7) is 0. The van der Waals surface area contributed by atoms with Gasteiger partial charge < -0.3 is 9.32 Å². The van der Waals surface area contributed by atoms with E-state index >= 15 is 0 Å². The third-order valence-corrected chi connectivity index (χ3v) is 15.4. The minimum Gasteiger partial charge on any atom is -0.455 e. The second-order valence-corrected chi connectivity index (χ2v) is 18.2. The number of rotatable bonds is 4. The van der Waals surface area contributed by atoms with Gasteiger partial charge in [-0.25, -0.2) is 0 Å². The van der Waals surface area contributed by atoms with E-state index in [0.717, 1.165) is 49.8 Å². The number of nitrogens with zero attached hydrogens (tertiary/aromatic N) is 1. The molecule has 1 spiro atoms. The molecule has 0 amide bonds. The van der Waals surface area contributed by atoms with Crippen molar-refractivity contribution >= 4 is 61.5 Å². The van der Waals surface area contributed by atoms with Crippen LogP contribution in [-0.4, -0.2) is 5.25 Å². The van der Waals surface area contributed by atoms with E-state index in [1.54, 1.807) is 0 Å². The highest BCUT2D eigenvalue weighted by Gasteiger charge is 2.51. The van der Waals surface area contributed by atoms with Gasteiger partial charge >= 0.3 is 0 Å². The summed E-state index contributed by atoms with van der Waals surface area (Å²) in [5, 5.41) is 4.93. The number of hydrogen-bond donors (Lipinski definition) is 0. The zero-order valence-corrected chi connectivity index (χ0v) is 34.4. The number of fused-ring (bicyclic) bond motifs is 18. The van der Waals surface area contributed by atoms with Crippen LogP contribution in [0.2, 0.25) is 0 Å². The lowest BCUT2D eigenvalue weighted by Gasteiger charge is -2.33. The first-order valence-corrected chi connectivity index (χ1v) is 22.5. The molecule has 0 bridgehead atoms. The molecule has 1 aliphatic heterocycles. The van der Waals surface area contributed by atoms with E-state index in [-0.39, 0.29) is 0 Å². The fraction of sp³-hybridized carbons (Fsp3) is 0.0508. The number of furan rings is 1. The van der Waals surface area contributed by atoms with E-state index in [2.05, 4.69) is 217 Å². The van der Waals surface area contributed by atoms with Crippen LogP contribution in [-0.2, 0) is 5.41 Å². The summed E-state index contributed by atoms with van der Waals surface area (Å²) in [5.41, 5.74) is 19.0. The molecule has 0 saturated heterocycles. The van der Waals surface area contributed by atoms with Crippen LogP contribution in [0.3, 0.4) is 0 Å². The molecular formula is C59H37NOS. The summed E-state index contributed by atoms with van der Waals surface area (Å²) in [6, 6.07) is 70.0. The fourth-order valence-electron chi connectivity index (χ4n) is 11.5. The normalized spacial score (nSPS) is 17.0. The highest BCUT2D eigenvalue weighted by Crippen LogP contribution is 2.64. The molecule has 2 atom stereocenters. The SMILES string of the molecule is C1=CC2Sc3c(cccc3N(c3ccc4c(c3)C3(c5ccccc5-c5ccccc53)c3ccccc3-4)c3ccccc3-c3cccc4c3oc3c5ccccc5ccc43)C2C=C1. The van der Waals surface area contributed by atoms with E-state index in [1.807, 2.05) is 11.8 Å². The monoisotopic (exact) mass is 807 g/mol. The van der Waals surface area contributed by atoms with Gasteiger partial charge in [-0.2, -0.15) is 0 Å². The number of anilines is 3. The summed E-state index contributed by atoms with van der Waals surface area (Å²) in [6.07, 6.45) is 9.17. The summed E-state index contributed by atoms with van der Waals surface area (Å²) in [4.78, 5) is 3.88. The van der Waals surface area contributed by atoms with Crippen LogP contribution in [0.25, 0.3) is 66.1 Å². The van der Waals surface area contributed by atoms with E-state index in [0.29, 0.717) is 11.2 Å². The summed E-state index contributed by atoms with van der Waals surface area (Å²) in [5.74, 6) is 0.334. The molecule has 9 aromatic carbocycles. The van der Waals surface area contributed by atoms with Crippen LogP contribution in [0, 0.1) is 0 Å². The maximum atomic E-state index is 7.02. The average molecular weight is 808 g/mol. The van der Waals surface area contributed by atoms with Crippen LogP contribution in [0.1, 0.15) is 33.7 Å². The quantitative estimate of drug-likeness (QED) is 0.176. The molecule has 2 nitrogen and oxygen atoms in total. The predicted molar refractivity (Wildman–Crippen MR) is 258 cm³/mol. The Bertz CT molecular complexity index is 3540. The number of benzene rings is 9. The van der Waals surface area contributed by atoms with Crippen molar-refractivity contribution < 1.29 is 4.42 Å². The van der Waals surface area contributed by atoms with Crippen molar-refractivity contribution in [2.24, 2.45) is 0 Å². The smallest absolute Gasteiger partial charge is 0.143 e. The minimum atomic E-state index is -0.457. The Labute approximate surface area is 364 Å². The van der Waals surface area contributed by atoms with Crippen molar-refractivity contribution in [2.75, 3.05) is 4.90 Å². The Hall–Kier alpha value is -7.33. The molecule has 290 valence electrons. The van der Waals surface area contributed by atoms with Gasteiger partial charge in [0.05, 0.1) is 16.8 Å². The number of allylic oxidation sites excluding steroid dienone is 3. The second-order valence-electron chi connectivity index (χ2n) is 17.0. The summed E-state index contributed by atoms with van der Waals surface area (Å²) < 4.78 is 7.02. The first-order chi connectivity index (χ1) is 30.8. The molecule has 0 saturated carbocycles. The lowest BCUT2D eigenvalue weighted by Crippen LogP contribution is -2.26. The van der Waals surface area contributed by atoms with Crippen molar-refractivity contribution in [2.45, 2.75) is 21.5 Å². The second kappa shape index (κ2) is 12.8. The standard InChI is InChI=1S/C59H37NOS/c1-2-16-38-36(15-1)31-33-47-46-23-13-22-45(57(46)61-56(38)47)43-20-6-11-28-53(43)60(54-29-14-24-48-44-21-7-12-30-55(44)62-58(48)54)37-32-34-42-41-19-5-10-27-51(41)59(52(42)35-37)49-25-8-3-17-39(49)40-18-4-9-26-50(40)59/h1-35,44,55H. The molecule has 62 heavy (non-hydrogen) atoms. The maximum absolute atomic E-state index is 7.02. The third-order valence-electron chi connectivity index (χ3n) is 14.0. The van der Waals surface area contributed by atoms with Crippen LogP contribution < -0.4 is 4.90 Å². The van der Waals surface area contributed by atoms with Gasteiger partial charge in [-0.1, -0.05) is 182 Å². The molecule has 0 fully saturated rings. The van der Waals surface area contributed by atoms with Crippen LogP contribution >= 0.6 is 11.8 Å². The zero-order valence-electron chi connectivity index (χ0n) is 33.6. The molecule has 2 unspecified atom stereocenters. The van der Waals surface area contributed by atoms with Crippen LogP contribution in [0.4, 0.5) is 17.1 Å². The van der Waals surface area contributed by atoms with Crippen molar-refractivity contribution in [1.82, 2.24) is 0 Å². The molecular weight excluding hydrogens is 771 g/mol. The fourth-order valence-corrected chi connectivity index (χ4v) is 12.9. The van der Waals surface area contributed by atoms with E-state index < -0.39 is 5.41 Å². The molecule has 0 N–H and O–H groups in total. The molecule has 10 aromatic rings. The number of hydrogen-bond acceptors (Lipinski definition) is 3. The Morgan fingerprint density at radius 2 is 1.03 bits per heavy atom. The molecule has 4 aliphatic rings. The Morgan fingerprint density at radius 1 is 0.435 bits per heavy atom. The average Bonchev–Trinajstić information content (AvgIpc) is 4.08. The van der Waals surface area contributed by atoms with Crippen molar-refractivity contribution in [3.63, 3.8) is 0 Å². The topological polar surface area (TPSA) is 16.4 Å². The minimum absolute atomic E-state index is 0.334. The highest BCUT2D eigenvalue weighted by molar-refractivity contribution is 8.00. The van der Waals surface area contributed by atoms with Gasteiger partial charge in [0.1, 0.15) is 11.2 Å². The molecule has 14 rings (SSSR count). The Kier molecular flexibility index (Phi) is 7.12. The summed E-state index contributed by atoms with van der Waals surface area (Å²) >= 11 is 1.99. The van der Waals surface area contributed by atoms with Crippen molar-refractivity contribution in [1.29, 1.82) is 0 Å². The first-order valence-electron chi connectivity index (χ1n) is 21.6. The Balaban J connectivity index is 1.05. The molecule has 0 radical (unpaired) electrons. The predicted octanol–water partition coefficient (Wildman–Crippen LogP) is 15.9. The zero-order chi connectivity index (χ0) is 40.5. The van der Waals surface area contributed by atoms with Gasteiger partial charge in [0.15, 0.2) is 0 Å². The number of para-hydroxylation sites is 2. The van der Waals surface area contributed by atoms with Crippen LogP contribution in [0.15, 0.2) is 222 Å². The number of thioether (sulfide) groups is 1. The van der Waals surface area contributed by atoms with Gasteiger partial charge in [0, 0.05) is 49.0 Å². The van der Waals surface area contributed by atoms with E-state index in [9.17, 15) is 0 Å². The maximum Gasteiger partial charge on any atom is 0.143 e. The molecule has 3 aliphatic carbocycles. The highest BCUT2D eigenvalue weighted by atomic mass is 32.2. The lowest BCUT2D eigenvalue weighted by atomic mass is 9.70. The lowest BCUT2D eigenvalue weighted by molar-refractivity contribution is 0.674. The van der Waals surface area contributed by atoms with E-state index in [4.69, 9.17) is 4.42 Å². The van der Waals surface area contributed by atoms with Gasteiger partial charge in [0.25, 0.3) is 0 Å². The molecule has 2 heterocycles. The van der Waals surface area contributed by atoms with Crippen molar-refractivity contribution in [3.8, 4) is 33.4 Å². The van der Waals surface area contributed by atoms with Crippen LogP contribution in [0.5, 0.6) is 0 Å². The Morgan fingerprint density at radius 3 is 1.82 bits per heavy atom. The van der Waals surface area contributed by atoms with Gasteiger partial charge in [-0.15, -0.1) is 11.8 Å². The molecule has 3 heteroatoms. The van der Waals surface area contributed by atoms with Crippen molar-refractivity contribution in [3.05, 3.63) is 240 Å². The molecule has 1 aromatic heterocycles. The van der Waals surface area contributed by atoms with E-state index in [1.165, 1.54) is 66.0 Å². The summed E-state index contributed by atoms with van der Waals surface area (Å²) in [7, 11) is 0. The third kappa shape index (κ3) is 4.51. The van der Waals surface area contributed by atoms with Gasteiger partial charge in [-0.3, -0.25) is 0 Å². The largest absolute Gasteiger partial charge is 0.455 e. The van der Waals surface area contributed by atoms with Gasteiger partial charge in [-0.05, 0) is 85.8 Å². The van der Waals surface area contributed by atoms with Gasteiger partial charge in [0.2, 0.25) is 0 Å². The first kappa shape index (κ1) is 34.4.